The number of aromatic nitrogens is 2. The topological polar surface area (TPSA) is 98.7 Å². The molecule has 2 amide bonds. The molecule has 0 spiro atoms. The van der Waals surface area contributed by atoms with Crippen LogP contribution in [-0.2, 0) is 5.41 Å². The zero-order valence-corrected chi connectivity index (χ0v) is 26.8. The van der Waals surface area contributed by atoms with E-state index in [1.807, 2.05) is 35.2 Å². The highest BCUT2D eigenvalue weighted by Crippen LogP contribution is 2.59. The van der Waals surface area contributed by atoms with Crippen molar-refractivity contribution in [3.05, 3.63) is 71.4 Å². The minimum atomic E-state index is -0.142. The Hall–Kier alpha value is -3.94. The van der Waals surface area contributed by atoms with E-state index in [2.05, 4.69) is 47.3 Å². The van der Waals surface area contributed by atoms with Crippen molar-refractivity contribution in [3.8, 4) is 16.9 Å². The van der Waals surface area contributed by atoms with Crippen molar-refractivity contribution in [3.63, 3.8) is 0 Å². The van der Waals surface area contributed by atoms with Crippen LogP contribution < -0.4 is 10.2 Å². The molecular weight excluding hydrogens is 562 g/mol. The molecule has 1 saturated heterocycles. The average Bonchev–Trinajstić information content (AvgIpc) is 3.02. The van der Waals surface area contributed by atoms with Gasteiger partial charge < -0.3 is 20.2 Å². The molecule has 5 fully saturated rings. The second kappa shape index (κ2) is 11.5. The van der Waals surface area contributed by atoms with Crippen LogP contribution in [0.4, 0.5) is 5.82 Å². The van der Waals surface area contributed by atoms with E-state index in [4.69, 9.17) is 0 Å². The molecule has 4 aliphatic carbocycles. The number of nitrogens with zero attached hydrogens (tertiary/aromatic N) is 4. The van der Waals surface area contributed by atoms with Crippen molar-refractivity contribution in [2.45, 2.75) is 64.7 Å². The number of hydrogen-bond donors (Lipinski definition) is 2. The Labute approximate surface area is 266 Å². The van der Waals surface area contributed by atoms with Crippen LogP contribution in [0.2, 0.25) is 0 Å². The maximum absolute atomic E-state index is 13.7. The smallest absolute Gasteiger partial charge is 0.271 e. The lowest BCUT2D eigenvalue weighted by Crippen LogP contribution is -2.51. The fourth-order valence-corrected chi connectivity index (χ4v) is 8.84. The second-order valence-electron chi connectivity index (χ2n) is 15.3. The molecule has 8 nitrogen and oxygen atoms in total. The summed E-state index contributed by atoms with van der Waals surface area (Å²) >= 11 is 0. The molecule has 45 heavy (non-hydrogen) atoms. The first-order chi connectivity index (χ1) is 21.5. The minimum Gasteiger partial charge on any atom is -0.508 e. The van der Waals surface area contributed by atoms with Crippen molar-refractivity contribution in [1.82, 2.24) is 20.4 Å². The third kappa shape index (κ3) is 6.16. The number of nitrogens with one attached hydrogen (secondary N) is 1. The van der Waals surface area contributed by atoms with E-state index in [9.17, 15) is 14.7 Å². The van der Waals surface area contributed by atoms with E-state index < -0.39 is 0 Å². The lowest BCUT2D eigenvalue weighted by Gasteiger charge is -2.56. The van der Waals surface area contributed by atoms with Gasteiger partial charge in [0, 0.05) is 38.3 Å². The standard InChI is InChI=1S/C37H45N5O3/c1-36(2,3)30-17-28(27-5-4-6-31(43)19-27)16-29(18-30)35(45)42-11-9-41(10-12-42)33-8-7-32(39-40-33)34(44)38-23-37-20-24-13-25(21-37)15-26(14-24)22-37/h4-8,16-19,24-26,43H,9-15,20-23H2,1-3H3,(H,38,44). The number of piperazine rings is 1. The Balaban J connectivity index is 0.972. The van der Waals surface area contributed by atoms with Gasteiger partial charge in [-0.3, -0.25) is 9.59 Å². The van der Waals surface area contributed by atoms with E-state index in [0.717, 1.165) is 46.8 Å². The molecular formula is C37H45N5O3. The van der Waals surface area contributed by atoms with E-state index in [1.54, 1.807) is 18.2 Å². The molecule has 5 aliphatic rings. The molecule has 4 saturated carbocycles. The SMILES string of the molecule is CC(C)(C)c1cc(C(=O)N2CCN(c3ccc(C(=O)NCC45CC6CC(CC(C6)C4)C5)nn3)CC2)cc(-c2cccc(O)c2)c1. The highest BCUT2D eigenvalue weighted by Gasteiger charge is 2.50. The van der Waals surface area contributed by atoms with Crippen LogP contribution >= 0.6 is 0 Å². The Morgan fingerprint density at radius 2 is 1.56 bits per heavy atom. The van der Waals surface area contributed by atoms with Gasteiger partial charge in [0.05, 0.1) is 0 Å². The van der Waals surface area contributed by atoms with Crippen molar-refractivity contribution in [2.24, 2.45) is 23.2 Å². The van der Waals surface area contributed by atoms with Crippen LogP contribution in [0.15, 0.2) is 54.6 Å². The van der Waals surface area contributed by atoms with Crippen LogP contribution in [-0.4, -0.2) is 64.7 Å². The fourth-order valence-electron chi connectivity index (χ4n) is 8.84. The number of phenols is 1. The van der Waals surface area contributed by atoms with Crippen LogP contribution in [0.1, 0.15) is 85.7 Å². The molecule has 2 N–H and O–H groups in total. The molecule has 8 heteroatoms. The number of anilines is 1. The number of carbonyl (C=O) groups excluding carboxylic acids is 2. The molecule has 236 valence electrons. The summed E-state index contributed by atoms with van der Waals surface area (Å²) in [6, 6.07) is 16.8. The number of hydrogen-bond acceptors (Lipinski definition) is 6. The zero-order valence-electron chi connectivity index (χ0n) is 26.8. The number of phenolic OH excluding ortho intramolecular Hbond substituents is 1. The zero-order chi connectivity index (χ0) is 31.3. The molecule has 3 aromatic rings. The predicted molar refractivity (Wildman–Crippen MR) is 175 cm³/mol. The highest BCUT2D eigenvalue weighted by atomic mass is 16.3. The highest BCUT2D eigenvalue weighted by molar-refractivity contribution is 5.96. The van der Waals surface area contributed by atoms with Gasteiger partial charge in [-0.1, -0.05) is 39.0 Å². The van der Waals surface area contributed by atoms with Crippen LogP contribution in [0.5, 0.6) is 5.75 Å². The molecule has 1 aromatic heterocycles. The first kappa shape index (κ1) is 29.8. The quantitative estimate of drug-likeness (QED) is 0.354. The maximum Gasteiger partial charge on any atom is 0.271 e. The molecule has 0 radical (unpaired) electrons. The van der Waals surface area contributed by atoms with Gasteiger partial charge in [0.15, 0.2) is 11.5 Å². The van der Waals surface area contributed by atoms with E-state index in [1.165, 1.54) is 38.5 Å². The summed E-state index contributed by atoms with van der Waals surface area (Å²) in [6.07, 6.45) is 7.98. The molecule has 4 bridgehead atoms. The van der Waals surface area contributed by atoms with Crippen LogP contribution in [0.3, 0.4) is 0 Å². The summed E-state index contributed by atoms with van der Waals surface area (Å²) < 4.78 is 0. The van der Waals surface area contributed by atoms with Gasteiger partial charge >= 0.3 is 0 Å². The first-order valence-corrected chi connectivity index (χ1v) is 16.6. The maximum atomic E-state index is 13.7. The van der Waals surface area contributed by atoms with E-state index >= 15 is 0 Å². The molecule has 2 aromatic carbocycles. The third-order valence-corrected chi connectivity index (χ3v) is 10.8. The second-order valence-corrected chi connectivity index (χ2v) is 15.3. The van der Waals surface area contributed by atoms with Gasteiger partial charge in [0.1, 0.15) is 5.75 Å². The summed E-state index contributed by atoms with van der Waals surface area (Å²) in [6.45, 7) is 9.57. The molecule has 8 rings (SSSR count). The number of amides is 2. The molecule has 2 heterocycles. The number of rotatable bonds is 6. The van der Waals surface area contributed by atoms with Gasteiger partial charge in [0.2, 0.25) is 0 Å². The van der Waals surface area contributed by atoms with Crippen molar-refractivity contribution in [2.75, 3.05) is 37.6 Å². The Morgan fingerprint density at radius 3 is 2.16 bits per heavy atom. The summed E-state index contributed by atoms with van der Waals surface area (Å²) in [5.41, 5.74) is 4.02. The molecule has 1 aliphatic heterocycles. The van der Waals surface area contributed by atoms with Gasteiger partial charge in [-0.15, -0.1) is 10.2 Å². The summed E-state index contributed by atoms with van der Waals surface area (Å²) in [4.78, 5) is 30.8. The Bertz CT molecular complexity index is 1550. The average molecular weight is 608 g/mol. The van der Waals surface area contributed by atoms with Crippen molar-refractivity contribution in [1.29, 1.82) is 0 Å². The van der Waals surface area contributed by atoms with E-state index in [0.29, 0.717) is 37.4 Å². The number of aromatic hydroxyl groups is 1. The summed E-state index contributed by atoms with van der Waals surface area (Å²) in [5, 5.41) is 22.0. The van der Waals surface area contributed by atoms with Gasteiger partial charge in [-0.2, -0.15) is 0 Å². The predicted octanol–water partition coefficient (Wildman–Crippen LogP) is 6.06. The monoisotopic (exact) mass is 607 g/mol. The lowest BCUT2D eigenvalue weighted by atomic mass is 9.49. The normalized spacial score (nSPS) is 25.8. The summed E-state index contributed by atoms with van der Waals surface area (Å²) in [5.74, 6) is 3.37. The van der Waals surface area contributed by atoms with Gasteiger partial charge in [-0.25, -0.2) is 0 Å². The largest absolute Gasteiger partial charge is 0.508 e. The number of carbonyl (C=O) groups is 2. The van der Waals surface area contributed by atoms with Gasteiger partial charge in [0.25, 0.3) is 11.8 Å². The van der Waals surface area contributed by atoms with Crippen LogP contribution in [0.25, 0.3) is 11.1 Å². The fraction of sp³-hybridized carbons (Fsp3) is 0.514. The van der Waals surface area contributed by atoms with Crippen LogP contribution in [0, 0.1) is 23.2 Å². The van der Waals surface area contributed by atoms with Crippen molar-refractivity contribution < 1.29 is 14.7 Å². The minimum absolute atomic E-state index is 0.000667. The van der Waals surface area contributed by atoms with Crippen molar-refractivity contribution >= 4 is 17.6 Å². The summed E-state index contributed by atoms with van der Waals surface area (Å²) in [7, 11) is 0. The van der Waals surface area contributed by atoms with Gasteiger partial charge in [-0.05, 0) is 120 Å². The van der Waals surface area contributed by atoms with E-state index in [-0.39, 0.29) is 28.4 Å². The Kier molecular flexibility index (Phi) is 7.57. The molecule has 0 unspecified atom stereocenters. The number of benzene rings is 2. The Morgan fingerprint density at radius 1 is 0.867 bits per heavy atom. The third-order valence-electron chi connectivity index (χ3n) is 10.8. The molecule has 0 atom stereocenters. The lowest BCUT2D eigenvalue weighted by molar-refractivity contribution is -0.0503. The first-order valence-electron chi connectivity index (χ1n) is 16.6.